The van der Waals surface area contributed by atoms with Crippen LogP contribution >= 0.6 is 0 Å². The van der Waals surface area contributed by atoms with Crippen molar-refractivity contribution < 1.29 is 24.1 Å². The molecule has 0 aliphatic carbocycles. The summed E-state index contributed by atoms with van der Waals surface area (Å²) >= 11 is 0. The van der Waals surface area contributed by atoms with Crippen LogP contribution in [0.1, 0.15) is 16.7 Å². The molecule has 0 aliphatic heterocycles. The van der Waals surface area contributed by atoms with Crippen LogP contribution in [0.15, 0.2) is 18.2 Å². The van der Waals surface area contributed by atoms with Crippen molar-refractivity contribution in [2.24, 2.45) is 0 Å². The molecular weight excluding hydrogens is 272 g/mol. The van der Waals surface area contributed by atoms with Gasteiger partial charge in [0.25, 0.3) is 0 Å². The first-order valence-corrected chi connectivity index (χ1v) is 6.76. The van der Waals surface area contributed by atoms with E-state index in [1.807, 2.05) is 26.0 Å². The van der Waals surface area contributed by atoms with Crippen LogP contribution in [0.4, 0.5) is 0 Å². The van der Waals surface area contributed by atoms with Gasteiger partial charge in [-0.25, -0.2) is 4.79 Å². The Kier molecular flexibility index (Phi) is 7.50. The molecule has 0 saturated heterocycles. The average molecular weight is 294 g/mol. The van der Waals surface area contributed by atoms with Gasteiger partial charge < -0.3 is 19.3 Å². The van der Waals surface area contributed by atoms with Crippen molar-refractivity contribution in [1.82, 2.24) is 0 Å². The smallest absolute Gasteiger partial charge is 0.328 e. The summed E-state index contributed by atoms with van der Waals surface area (Å²) in [5, 5.41) is 8.64. The fourth-order valence-corrected chi connectivity index (χ4v) is 1.92. The molecule has 0 aliphatic rings. The number of methoxy groups -OCH3 is 1. The molecule has 0 aromatic heterocycles. The van der Waals surface area contributed by atoms with Crippen LogP contribution in [0.25, 0.3) is 6.08 Å². The zero-order valence-corrected chi connectivity index (χ0v) is 12.7. The molecule has 1 N–H and O–H groups in total. The van der Waals surface area contributed by atoms with Gasteiger partial charge in [-0.2, -0.15) is 0 Å². The lowest BCUT2D eigenvalue weighted by molar-refractivity contribution is -0.131. The monoisotopic (exact) mass is 294 g/mol. The highest BCUT2D eigenvalue weighted by Gasteiger charge is 2.05. The second-order valence-corrected chi connectivity index (χ2v) is 4.61. The minimum atomic E-state index is -0.959. The Morgan fingerprint density at radius 3 is 2.33 bits per heavy atom. The molecule has 0 amide bonds. The number of hydrogen-bond acceptors (Lipinski definition) is 4. The molecule has 0 saturated carbocycles. The Bertz CT molecular complexity index is 470. The number of hydrogen-bond donors (Lipinski definition) is 1. The van der Waals surface area contributed by atoms with E-state index in [9.17, 15) is 4.79 Å². The van der Waals surface area contributed by atoms with Crippen LogP contribution in [-0.2, 0) is 14.3 Å². The standard InChI is InChI=1S/C16H22O5/c1-12-10-14(4-5-15(17)18)11-13(2)16(12)21-9-8-20-7-6-19-3/h4-5,10-11H,6-9H2,1-3H3,(H,17,18). The predicted molar refractivity (Wildman–Crippen MR) is 80.8 cm³/mol. The molecule has 0 heterocycles. The quantitative estimate of drug-likeness (QED) is 0.560. The van der Waals surface area contributed by atoms with Crippen LogP contribution in [0.5, 0.6) is 5.75 Å². The van der Waals surface area contributed by atoms with Gasteiger partial charge in [0.2, 0.25) is 0 Å². The third-order valence-electron chi connectivity index (χ3n) is 2.81. The summed E-state index contributed by atoms with van der Waals surface area (Å²) < 4.78 is 15.9. The molecule has 1 rings (SSSR count). The fraction of sp³-hybridized carbons (Fsp3) is 0.438. The Morgan fingerprint density at radius 2 is 1.76 bits per heavy atom. The lowest BCUT2D eigenvalue weighted by atomic mass is 10.1. The van der Waals surface area contributed by atoms with Gasteiger partial charge >= 0.3 is 5.97 Å². The van der Waals surface area contributed by atoms with Gasteiger partial charge in [-0.3, -0.25) is 0 Å². The topological polar surface area (TPSA) is 65.0 Å². The minimum absolute atomic E-state index is 0.468. The number of benzene rings is 1. The largest absolute Gasteiger partial charge is 0.491 e. The first-order chi connectivity index (χ1) is 10.0. The summed E-state index contributed by atoms with van der Waals surface area (Å²) in [4.78, 5) is 10.5. The number of carboxylic acid groups (broad SMARTS) is 1. The van der Waals surface area contributed by atoms with Crippen molar-refractivity contribution in [3.8, 4) is 5.75 Å². The Labute approximate surface area is 125 Å². The second kappa shape index (κ2) is 9.15. The highest BCUT2D eigenvalue weighted by Crippen LogP contribution is 2.25. The molecule has 5 heteroatoms. The second-order valence-electron chi connectivity index (χ2n) is 4.61. The maximum atomic E-state index is 10.5. The lowest BCUT2D eigenvalue weighted by Crippen LogP contribution is -2.11. The molecule has 0 radical (unpaired) electrons. The fourth-order valence-electron chi connectivity index (χ4n) is 1.92. The van der Waals surface area contributed by atoms with Gasteiger partial charge in [-0.05, 0) is 48.7 Å². The zero-order chi connectivity index (χ0) is 15.7. The molecule has 21 heavy (non-hydrogen) atoms. The molecule has 0 unspecified atom stereocenters. The Balaban J connectivity index is 2.57. The zero-order valence-electron chi connectivity index (χ0n) is 12.7. The third-order valence-corrected chi connectivity index (χ3v) is 2.81. The molecule has 1 aromatic carbocycles. The summed E-state index contributed by atoms with van der Waals surface area (Å²) in [6.07, 6.45) is 2.69. The molecule has 0 spiro atoms. The summed E-state index contributed by atoms with van der Waals surface area (Å²) in [7, 11) is 1.63. The van der Waals surface area contributed by atoms with Crippen molar-refractivity contribution in [3.63, 3.8) is 0 Å². The van der Waals surface area contributed by atoms with Crippen molar-refractivity contribution in [2.45, 2.75) is 13.8 Å². The van der Waals surface area contributed by atoms with E-state index in [2.05, 4.69) is 0 Å². The average Bonchev–Trinajstić information content (AvgIpc) is 2.42. The molecule has 0 fully saturated rings. The highest BCUT2D eigenvalue weighted by molar-refractivity contribution is 5.85. The molecular formula is C16H22O5. The number of rotatable bonds is 9. The molecule has 5 nitrogen and oxygen atoms in total. The molecule has 1 aromatic rings. The van der Waals surface area contributed by atoms with Gasteiger partial charge in [0.05, 0.1) is 19.8 Å². The lowest BCUT2D eigenvalue weighted by Gasteiger charge is -2.13. The maximum absolute atomic E-state index is 10.5. The van der Waals surface area contributed by atoms with Gasteiger partial charge in [-0.15, -0.1) is 0 Å². The SMILES string of the molecule is COCCOCCOc1c(C)cc(C=CC(=O)O)cc1C. The molecule has 0 atom stereocenters. The number of aryl methyl sites for hydroxylation is 2. The van der Waals surface area contributed by atoms with Crippen molar-refractivity contribution in [3.05, 3.63) is 34.9 Å². The van der Waals surface area contributed by atoms with Crippen molar-refractivity contribution in [1.29, 1.82) is 0 Å². The number of aliphatic carboxylic acids is 1. The van der Waals surface area contributed by atoms with Crippen LogP contribution in [0.3, 0.4) is 0 Å². The molecule has 116 valence electrons. The van der Waals surface area contributed by atoms with Crippen LogP contribution in [0.2, 0.25) is 0 Å². The van der Waals surface area contributed by atoms with Gasteiger partial charge in [0.15, 0.2) is 0 Å². The van der Waals surface area contributed by atoms with Crippen LogP contribution in [0, 0.1) is 13.8 Å². The maximum Gasteiger partial charge on any atom is 0.328 e. The van der Waals surface area contributed by atoms with E-state index in [4.69, 9.17) is 19.3 Å². The van der Waals surface area contributed by atoms with E-state index < -0.39 is 5.97 Å². The van der Waals surface area contributed by atoms with E-state index in [0.29, 0.717) is 26.4 Å². The minimum Gasteiger partial charge on any atom is -0.491 e. The number of ether oxygens (including phenoxy) is 3. The van der Waals surface area contributed by atoms with Crippen molar-refractivity contribution in [2.75, 3.05) is 33.5 Å². The van der Waals surface area contributed by atoms with Crippen LogP contribution < -0.4 is 4.74 Å². The summed E-state index contributed by atoms with van der Waals surface area (Å²) in [6, 6.07) is 3.79. The number of carbonyl (C=O) groups is 1. The summed E-state index contributed by atoms with van der Waals surface area (Å²) in [5.41, 5.74) is 2.78. The molecule has 0 bridgehead atoms. The van der Waals surface area contributed by atoms with Crippen LogP contribution in [-0.4, -0.2) is 44.6 Å². The summed E-state index contributed by atoms with van der Waals surface area (Å²) in [5.74, 6) is -0.142. The Morgan fingerprint density at radius 1 is 1.14 bits per heavy atom. The van der Waals surface area contributed by atoms with Gasteiger partial charge in [0.1, 0.15) is 12.4 Å². The Hall–Kier alpha value is -1.85. The van der Waals surface area contributed by atoms with Crippen molar-refractivity contribution >= 4 is 12.0 Å². The van der Waals surface area contributed by atoms with E-state index >= 15 is 0 Å². The van der Waals surface area contributed by atoms with E-state index in [1.54, 1.807) is 13.2 Å². The van der Waals surface area contributed by atoms with E-state index in [0.717, 1.165) is 28.5 Å². The van der Waals surface area contributed by atoms with E-state index in [1.165, 1.54) is 0 Å². The third kappa shape index (κ3) is 6.42. The highest BCUT2D eigenvalue weighted by atomic mass is 16.5. The van der Waals surface area contributed by atoms with Gasteiger partial charge in [-0.1, -0.05) is 0 Å². The van der Waals surface area contributed by atoms with Gasteiger partial charge in [0, 0.05) is 13.2 Å². The first kappa shape index (κ1) is 17.2. The number of carboxylic acids is 1. The first-order valence-electron chi connectivity index (χ1n) is 6.76. The normalized spacial score (nSPS) is 11.0. The summed E-state index contributed by atoms with van der Waals surface area (Å²) in [6.45, 7) is 5.97. The van der Waals surface area contributed by atoms with E-state index in [-0.39, 0.29) is 0 Å². The predicted octanol–water partition coefficient (Wildman–Crippen LogP) is 2.44.